The van der Waals surface area contributed by atoms with Crippen LogP contribution in [0.4, 0.5) is 0 Å². The zero-order valence-electron chi connectivity index (χ0n) is 14.4. The van der Waals surface area contributed by atoms with E-state index >= 15 is 0 Å². The molecule has 0 aliphatic carbocycles. The first-order valence-corrected chi connectivity index (χ1v) is 8.77. The lowest BCUT2D eigenvalue weighted by molar-refractivity contribution is -0.121. The fourth-order valence-corrected chi connectivity index (χ4v) is 2.91. The number of halogens is 1. The summed E-state index contributed by atoms with van der Waals surface area (Å²) in [6.45, 7) is 3.97. The molecule has 130 valence electrons. The van der Waals surface area contributed by atoms with Gasteiger partial charge in [-0.2, -0.15) is 0 Å². The molecule has 0 aliphatic rings. The summed E-state index contributed by atoms with van der Waals surface area (Å²) in [5.41, 5.74) is 0.403. The van der Waals surface area contributed by atoms with Gasteiger partial charge in [0.2, 0.25) is 5.91 Å². The fraction of sp³-hybridized carbons (Fsp3) is 0.500. The number of fused-ring (bicyclic) bond motifs is 1. The van der Waals surface area contributed by atoms with Crippen molar-refractivity contribution in [3.05, 3.63) is 39.4 Å². The SMILES string of the molecule is CCCCCCC(=O)N[C@H](C)c1nc2cc(Cl)ccc2c(=O)n1C. The number of rotatable bonds is 7. The van der Waals surface area contributed by atoms with E-state index in [0.29, 0.717) is 28.2 Å². The number of benzene rings is 1. The molecular formula is C18H24ClN3O2. The number of nitrogens with zero attached hydrogens (tertiary/aromatic N) is 2. The van der Waals surface area contributed by atoms with Gasteiger partial charge in [-0.15, -0.1) is 0 Å². The van der Waals surface area contributed by atoms with Gasteiger partial charge < -0.3 is 5.32 Å². The molecule has 0 spiro atoms. The molecule has 1 aromatic heterocycles. The molecule has 5 nitrogen and oxygen atoms in total. The molecular weight excluding hydrogens is 326 g/mol. The predicted molar refractivity (Wildman–Crippen MR) is 97.3 cm³/mol. The third-order valence-electron chi connectivity index (χ3n) is 4.10. The van der Waals surface area contributed by atoms with Gasteiger partial charge >= 0.3 is 0 Å². The summed E-state index contributed by atoms with van der Waals surface area (Å²) < 4.78 is 1.48. The Morgan fingerprint density at radius 3 is 2.79 bits per heavy atom. The largest absolute Gasteiger partial charge is 0.346 e. The van der Waals surface area contributed by atoms with Crippen molar-refractivity contribution >= 4 is 28.4 Å². The summed E-state index contributed by atoms with van der Waals surface area (Å²) >= 11 is 5.99. The lowest BCUT2D eigenvalue weighted by Crippen LogP contribution is -2.32. The monoisotopic (exact) mass is 349 g/mol. The number of aromatic nitrogens is 2. The van der Waals surface area contributed by atoms with Crippen molar-refractivity contribution in [3.8, 4) is 0 Å². The van der Waals surface area contributed by atoms with Crippen LogP contribution in [0.25, 0.3) is 10.9 Å². The van der Waals surface area contributed by atoms with Crippen molar-refractivity contribution in [2.24, 2.45) is 7.05 Å². The molecule has 0 unspecified atom stereocenters. The molecule has 1 N–H and O–H groups in total. The average Bonchev–Trinajstić information content (AvgIpc) is 2.54. The van der Waals surface area contributed by atoms with E-state index in [9.17, 15) is 9.59 Å². The van der Waals surface area contributed by atoms with Gasteiger partial charge in [0.05, 0.1) is 16.9 Å². The van der Waals surface area contributed by atoms with Crippen LogP contribution in [0.5, 0.6) is 0 Å². The zero-order chi connectivity index (χ0) is 17.7. The van der Waals surface area contributed by atoms with Crippen molar-refractivity contribution in [1.29, 1.82) is 0 Å². The minimum atomic E-state index is -0.343. The van der Waals surface area contributed by atoms with Crippen LogP contribution in [0.3, 0.4) is 0 Å². The van der Waals surface area contributed by atoms with Gasteiger partial charge in [-0.3, -0.25) is 14.2 Å². The van der Waals surface area contributed by atoms with E-state index < -0.39 is 0 Å². The summed E-state index contributed by atoms with van der Waals surface area (Å²) in [6.07, 6.45) is 4.72. The molecule has 0 aliphatic heterocycles. The maximum Gasteiger partial charge on any atom is 0.261 e. The number of carbonyl (C=O) groups excluding carboxylic acids is 1. The van der Waals surface area contributed by atoms with Crippen LogP contribution in [0.1, 0.15) is 57.8 Å². The van der Waals surface area contributed by atoms with Crippen molar-refractivity contribution in [1.82, 2.24) is 14.9 Å². The van der Waals surface area contributed by atoms with Gasteiger partial charge in [0.15, 0.2) is 0 Å². The molecule has 0 radical (unpaired) electrons. The first kappa shape index (κ1) is 18.5. The third kappa shape index (κ3) is 4.35. The molecule has 0 fully saturated rings. The van der Waals surface area contributed by atoms with Crippen molar-refractivity contribution in [2.45, 2.75) is 52.0 Å². The summed E-state index contributed by atoms with van der Waals surface area (Å²) in [5, 5.41) is 3.97. The number of unbranched alkanes of at least 4 members (excludes halogenated alkanes) is 3. The maximum atomic E-state index is 12.5. The van der Waals surface area contributed by atoms with Gasteiger partial charge in [-0.05, 0) is 31.5 Å². The Bertz CT molecular complexity index is 786. The Morgan fingerprint density at radius 2 is 2.08 bits per heavy atom. The van der Waals surface area contributed by atoms with E-state index in [1.54, 1.807) is 25.2 Å². The molecule has 0 bridgehead atoms. The van der Waals surface area contributed by atoms with Crippen LogP contribution in [0, 0.1) is 0 Å². The predicted octanol–water partition coefficient (Wildman–Crippen LogP) is 3.73. The van der Waals surface area contributed by atoms with Gasteiger partial charge in [0.1, 0.15) is 5.82 Å². The van der Waals surface area contributed by atoms with Crippen LogP contribution >= 0.6 is 11.6 Å². The summed E-state index contributed by atoms with van der Waals surface area (Å²) in [4.78, 5) is 29.0. The molecule has 1 heterocycles. The molecule has 1 amide bonds. The topological polar surface area (TPSA) is 64.0 Å². The Hall–Kier alpha value is -1.88. The minimum Gasteiger partial charge on any atom is -0.346 e. The summed E-state index contributed by atoms with van der Waals surface area (Å²) in [7, 11) is 1.67. The second kappa shape index (κ2) is 8.29. The lowest BCUT2D eigenvalue weighted by Gasteiger charge is -2.17. The van der Waals surface area contributed by atoms with Crippen molar-refractivity contribution in [3.63, 3.8) is 0 Å². The van der Waals surface area contributed by atoms with Crippen molar-refractivity contribution < 1.29 is 4.79 Å². The second-order valence-corrected chi connectivity index (χ2v) is 6.53. The standard InChI is InChI=1S/C18H24ClN3O2/c1-4-5-6-7-8-16(23)20-12(2)17-21-15-11-13(19)9-10-14(15)18(24)22(17)3/h9-12H,4-8H2,1-3H3,(H,20,23)/t12-/m1/s1. The Kier molecular flexibility index (Phi) is 6.37. The lowest BCUT2D eigenvalue weighted by atomic mass is 10.1. The van der Waals surface area contributed by atoms with Gasteiger partial charge in [0.25, 0.3) is 5.56 Å². The minimum absolute atomic E-state index is 0.0148. The number of carbonyl (C=O) groups is 1. The van der Waals surface area contributed by atoms with E-state index in [0.717, 1.165) is 25.7 Å². The maximum absolute atomic E-state index is 12.5. The Labute approximate surface area is 147 Å². The molecule has 24 heavy (non-hydrogen) atoms. The first-order valence-electron chi connectivity index (χ1n) is 8.39. The van der Waals surface area contributed by atoms with Gasteiger partial charge in [0, 0.05) is 18.5 Å². The van der Waals surface area contributed by atoms with Gasteiger partial charge in [-0.25, -0.2) is 4.98 Å². The zero-order valence-corrected chi connectivity index (χ0v) is 15.2. The Balaban J connectivity index is 2.17. The van der Waals surface area contributed by atoms with Crippen LogP contribution < -0.4 is 10.9 Å². The highest BCUT2D eigenvalue weighted by molar-refractivity contribution is 6.31. The van der Waals surface area contributed by atoms with E-state index in [4.69, 9.17) is 11.6 Å². The molecule has 6 heteroatoms. The highest BCUT2D eigenvalue weighted by Gasteiger charge is 2.16. The van der Waals surface area contributed by atoms with Gasteiger partial charge in [-0.1, -0.05) is 37.8 Å². The molecule has 2 aromatic rings. The van der Waals surface area contributed by atoms with Crippen LogP contribution in [-0.4, -0.2) is 15.5 Å². The highest BCUT2D eigenvalue weighted by Crippen LogP contribution is 2.17. The second-order valence-electron chi connectivity index (χ2n) is 6.10. The fourth-order valence-electron chi connectivity index (χ4n) is 2.74. The van der Waals surface area contributed by atoms with E-state index in [2.05, 4.69) is 17.2 Å². The van der Waals surface area contributed by atoms with Crippen LogP contribution in [0.15, 0.2) is 23.0 Å². The number of amides is 1. The van der Waals surface area contributed by atoms with Crippen LogP contribution in [-0.2, 0) is 11.8 Å². The van der Waals surface area contributed by atoms with Crippen LogP contribution in [0.2, 0.25) is 5.02 Å². The van der Waals surface area contributed by atoms with E-state index in [1.807, 2.05) is 6.92 Å². The average molecular weight is 350 g/mol. The molecule has 1 aromatic carbocycles. The molecule has 1 atom stereocenters. The Morgan fingerprint density at radius 1 is 1.33 bits per heavy atom. The van der Waals surface area contributed by atoms with Crippen molar-refractivity contribution in [2.75, 3.05) is 0 Å². The molecule has 0 saturated carbocycles. The third-order valence-corrected chi connectivity index (χ3v) is 4.33. The smallest absolute Gasteiger partial charge is 0.261 e. The summed E-state index contributed by atoms with van der Waals surface area (Å²) in [5.74, 6) is 0.510. The normalized spacial score (nSPS) is 12.3. The summed E-state index contributed by atoms with van der Waals surface area (Å²) in [6, 6.07) is 4.67. The number of nitrogens with one attached hydrogen (secondary N) is 1. The number of hydrogen-bond donors (Lipinski definition) is 1. The molecule has 2 rings (SSSR count). The van der Waals surface area contributed by atoms with E-state index in [1.165, 1.54) is 4.57 Å². The van der Waals surface area contributed by atoms with E-state index in [-0.39, 0.29) is 17.5 Å². The first-order chi connectivity index (χ1) is 11.4. The quantitative estimate of drug-likeness (QED) is 0.774. The molecule has 0 saturated heterocycles. The number of hydrogen-bond acceptors (Lipinski definition) is 3. The highest BCUT2D eigenvalue weighted by atomic mass is 35.5.